The second kappa shape index (κ2) is 12.2. The fourth-order valence-electron chi connectivity index (χ4n) is 4.24. The van der Waals surface area contributed by atoms with Crippen molar-refractivity contribution in [2.45, 2.75) is 41.5 Å². The van der Waals surface area contributed by atoms with Crippen molar-refractivity contribution >= 4 is 23.3 Å². The van der Waals surface area contributed by atoms with Crippen LogP contribution < -0.4 is 9.80 Å². The standard InChI is InChI=1S/C30H38N4/c1-7-33(8-2)28-17-13-25(14-18-28)30(26-15-19-29(20-16-26)34(9-3)10-4)32-31-22-27-12-11-23(5)21-24(27)6/h11-22H,7-10H2,1-6H3/b31-22+. The maximum absolute atomic E-state index is 4.71. The van der Waals surface area contributed by atoms with Crippen molar-refractivity contribution in [1.82, 2.24) is 0 Å². The third-order valence-electron chi connectivity index (χ3n) is 6.32. The van der Waals surface area contributed by atoms with Crippen molar-refractivity contribution < 1.29 is 0 Å². The quantitative estimate of drug-likeness (QED) is 0.247. The monoisotopic (exact) mass is 454 g/mol. The Hall–Kier alpha value is -3.40. The van der Waals surface area contributed by atoms with Crippen LogP contribution in [0.5, 0.6) is 0 Å². The Morgan fingerprint density at radius 1 is 0.676 bits per heavy atom. The summed E-state index contributed by atoms with van der Waals surface area (Å²) in [7, 11) is 0. The third kappa shape index (κ3) is 6.13. The van der Waals surface area contributed by atoms with Crippen LogP contribution >= 0.6 is 0 Å². The maximum Gasteiger partial charge on any atom is 0.100 e. The lowest BCUT2D eigenvalue weighted by molar-refractivity contribution is 0.866. The van der Waals surface area contributed by atoms with E-state index >= 15 is 0 Å². The average Bonchev–Trinajstić information content (AvgIpc) is 2.86. The van der Waals surface area contributed by atoms with E-state index in [1.165, 1.54) is 22.5 Å². The lowest BCUT2D eigenvalue weighted by atomic mass is 10.0. The molecule has 0 unspecified atom stereocenters. The fourth-order valence-corrected chi connectivity index (χ4v) is 4.24. The summed E-state index contributed by atoms with van der Waals surface area (Å²) in [4.78, 5) is 4.69. The zero-order valence-electron chi connectivity index (χ0n) is 21.5. The van der Waals surface area contributed by atoms with Gasteiger partial charge in [0.1, 0.15) is 5.71 Å². The van der Waals surface area contributed by atoms with E-state index in [-0.39, 0.29) is 0 Å². The van der Waals surface area contributed by atoms with Gasteiger partial charge in [-0.2, -0.15) is 5.10 Å². The van der Waals surface area contributed by atoms with E-state index in [1.807, 2.05) is 6.21 Å². The highest BCUT2D eigenvalue weighted by molar-refractivity contribution is 6.13. The van der Waals surface area contributed by atoms with Gasteiger partial charge in [0.05, 0.1) is 6.21 Å². The van der Waals surface area contributed by atoms with Crippen molar-refractivity contribution in [3.05, 3.63) is 94.5 Å². The summed E-state index contributed by atoms with van der Waals surface area (Å²) < 4.78 is 0. The molecular formula is C30H38N4. The van der Waals surface area contributed by atoms with Crippen LogP contribution in [0.3, 0.4) is 0 Å². The summed E-state index contributed by atoms with van der Waals surface area (Å²) in [6, 6.07) is 23.7. The number of anilines is 2. The normalized spacial score (nSPS) is 11.0. The van der Waals surface area contributed by atoms with E-state index in [1.54, 1.807) is 0 Å². The second-order valence-corrected chi connectivity index (χ2v) is 8.49. The number of nitrogens with zero attached hydrogens (tertiary/aromatic N) is 4. The van der Waals surface area contributed by atoms with Gasteiger partial charge in [-0.3, -0.25) is 0 Å². The number of benzene rings is 3. The van der Waals surface area contributed by atoms with Crippen LogP contribution in [-0.2, 0) is 0 Å². The summed E-state index contributed by atoms with van der Waals surface area (Å²) >= 11 is 0. The van der Waals surface area contributed by atoms with Gasteiger partial charge in [-0.1, -0.05) is 48.0 Å². The van der Waals surface area contributed by atoms with Crippen LogP contribution in [0.4, 0.5) is 11.4 Å². The third-order valence-corrected chi connectivity index (χ3v) is 6.32. The first-order valence-electron chi connectivity index (χ1n) is 12.4. The van der Waals surface area contributed by atoms with Gasteiger partial charge in [-0.15, -0.1) is 5.10 Å². The molecule has 0 amide bonds. The van der Waals surface area contributed by atoms with Crippen molar-refractivity contribution in [2.75, 3.05) is 36.0 Å². The minimum Gasteiger partial charge on any atom is -0.372 e. The molecule has 0 fully saturated rings. The summed E-state index contributed by atoms with van der Waals surface area (Å²) in [6.45, 7) is 16.9. The molecule has 34 heavy (non-hydrogen) atoms. The first-order chi connectivity index (χ1) is 16.5. The van der Waals surface area contributed by atoms with E-state index in [9.17, 15) is 0 Å². The van der Waals surface area contributed by atoms with Gasteiger partial charge in [0, 0.05) is 48.7 Å². The highest BCUT2D eigenvalue weighted by Crippen LogP contribution is 2.21. The van der Waals surface area contributed by atoms with Crippen molar-refractivity contribution in [3.63, 3.8) is 0 Å². The Kier molecular flexibility index (Phi) is 9.03. The van der Waals surface area contributed by atoms with Crippen LogP contribution in [0.1, 0.15) is 55.5 Å². The van der Waals surface area contributed by atoms with E-state index in [2.05, 4.69) is 123 Å². The molecule has 4 nitrogen and oxygen atoms in total. The summed E-state index contributed by atoms with van der Waals surface area (Å²) in [5.74, 6) is 0. The Morgan fingerprint density at radius 2 is 1.15 bits per heavy atom. The van der Waals surface area contributed by atoms with Crippen LogP contribution in [0.15, 0.2) is 76.9 Å². The largest absolute Gasteiger partial charge is 0.372 e. The first-order valence-corrected chi connectivity index (χ1v) is 12.4. The van der Waals surface area contributed by atoms with E-state index in [4.69, 9.17) is 5.10 Å². The smallest absolute Gasteiger partial charge is 0.100 e. The van der Waals surface area contributed by atoms with E-state index in [0.29, 0.717) is 0 Å². The predicted molar refractivity (Wildman–Crippen MR) is 149 cm³/mol. The Labute approximate surface area is 205 Å². The van der Waals surface area contributed by atoms with Gasteiger partial charge in [-0.05, 0) is 76.9 Å². The second-order valence-electron chi connectivity index (χ2n) is 8.49. The molecule has 0 bridgehead atoms. The number of rotatable bonds is 10. The van der Waals surface area contributed by atoms with Gasteiger partial charge >= 0.3 is 0 Å². The summed E-state index contributed by atoms with van der Waals surface area (Å²) in [6.07, 6.45) is 1.85. The fraction of sp³-hybridized carbons (Fsp3) is 0.333. The molecule has 3 aromatic rings. The number of hydrogen-bond acceptors (Lipinski definition) is 4. The summed E-state index contributed by atoms with van der Waals surface area (Å²) in [5, 5.41) is 9.22. The van der Waals surface area contributed by atoms with Crippen molar-refractivity contribution in [3.8, 4) is 0 Å². The molecule has 0 heterocycles. The molecule has 0 aliphatic heterocycles. The Bertz CT molecular complexity index is 1050. The molecule has 3 aromatic carbocycles. The minimum atomic E-state index is 0.873. The molecule has 3 rings (SSSR count). The number of hydrogen-bond donors (Lipinski definition) is 0. The SMILES string of the molecule is CCN(CC)c1ccc(C(=N/N=C/c2ccc(C)cc2C)c2ccc(N(CC)CC)cc2)cc1. The molecule has 178 valence electrons. The Morgan fingerprint density at radius 3 is 1.56 bits per heavy atom. The summed E-state index contributed by atoms with van der Waals surface area (Å²) in [5.41, 5.74) is 8.98. The molecule has 0 radical (unpaired) electrons. The Balaban J connectivity index is 1.99. The lowest BCUT2D eigenvalue weighted by Gasteiger charge is -2.22. The van der Waals surface area contributed by atoms with Crippen LogP contribution in [0.2, 0.25) is 0 Å². The van der Waals surface area contributed by atoms with Crippen molar-refractivity contribution in [2.24, 2.45) is 10.2 Å². The maximum atomic E-state index is 4.71. The first kappa shape index (κ1) is 25.2. The van der Waals surface area contributed by atoms with Crippen LogP contribution in [0, 0.1) is 13.8 Å². The molecule has 4 heteroatoms. The molecule has 0 atom stereocenters. The molecule has 0 aliphatic carbocycles. The van der Waals surface area contributed by atoms with Crippen LogP contribution in [-0.4, -0.2) is 38.1 Å². The van der Waals surface area contributed by atoms with Gasteiger partial charge in [0.15, 0.2) is 0 Å². The topological polar surface area (TPSA) is 31.2 Å². The lowest BCUT2D eigenvalue weighted by Crippen LogP contribution is -2.22. The van der Waals surface area contributed by atoms with E-state index in [0.717, 1.165) is 48.6 Å². The molecule has 0 N–H and O–H groups in total. The van der Waals surface area contributed by atoms with Gasteiger partial charge in [0.25, 0.3) is 0 Å². The molecule has 0 aliphatic rings. The van der Waals surface area contributed by atoms with Gasteiger partial charge in [0.2, 0.25) is 0 Å². The number of aryl methyl sites for hydroxylation is 2. The average molecular weight is 455 g/mol. The zero-order chi connectivity index (χ0) is 24.5. The molecule has 0 saturated heterocycles. The van der Waals surface area contributed by atoms with Crippen LogP contribution in [0.25, 0.3) is 0 Å². The highest BCUT2D eigenvalue weighted by atomic mass is 15.2. The predicted octanol–water partition coefficient (Wildman–Crippen LogP) is 6.87. The highest BCUT2D eigenvalue weighted by Gasteiger charge is 2.10. The van der Waals surface area contributed by atoms with E-state index < -0.39 is 0 Å². The van der Waals surface area contributed by atoms with Gasteiger partial charge in [-0.25, -0.2) is 0 Å². The molecule has 0 aromatic heterocycles. The molecule has 0 saturated carbocycles. The van der Waals surface area contributed by atoms with Crippen molar-refractivity contribution in [1.29, 1.82) is 0 Å². The minimum absolute atomic E-state index is 0.873. The molecular weight excluding hydrogens is 416 g/mol. The van der Waals surface area contributed by atoms with Gasteiger partial charge < -0.3 is 9.80 Å². The zero-order valence-corrected chi connectivity index (χ0v) is 21.5. The molecule has 0 spiro atoms.